The normalized spacial score (nSPS) is 24.7. The van der Waals surface area contributed by atoms with Crippen LogP contribution >= 0.6 is 11.6 Å². The van der Waals surface area contributed by atoms with E-state index in [1.165, 1.54) is 0 Å². The van der Waals surface area contributed by atoms with Gasteiger partial charge in [-0.25, -0.2) is 0 Å². The van der Waals surface area contributed by atoms with Gasteiger partial charge in [-0.05, 0) is 50.1 Å². The van der Waals surface area contributed by atoms with Gasteiger partial charge in [0.25, 0.3) is 5.91 Å². The van der Waals surface area contributed by atoms with E-state index in [9.17, 15) is 4.79 Å². The van der Waals surface area contributed by atoms with Gasteiger partial charge >= 0.3 is 0 Å². The Kier molecular flexibility index (Phi) is 4.80. The molecular formula is C23H24ClN3O2. The molecule has 0 bridgehead atoms. The van der Waals surface area contributed by atoms with Crippen LogP contribution < -0.4 is 15.4 Å². The number of rotatable bonds is 3. The summed E-state index contributed by atoms with van der Waals surface area (Å²) >= 11 is 6.43. The quantitative estimate of drug-likeness (QED) is 0.814. The number of allylic oxidation sites excluding steroid dienone is 1. The number of hydrogen-bond donors (Lipinski definition) is 2. The fraction of sp³-hybridized carbons (Fsp3) is 0.391. The van der Waals surface area contributed by atoms with Crippen molar-refractivity contribution in [2.75, 3.05) is 6.54 Å². The monoisotopic (exact) mass is 409 g/mol. The number of pyridine rings is 1. The highest BCUT2D eigenvalue weighted by atomic mass is 35.5. The van der Waals surface area contributed by atoms with Crippen molar-refractivity contribution >= 4 is 23.6 Å². The van der Waals surface area contributed by atoms with Crippen molar-refractivity contribution in [2.45, 2.75) is 50.8 Å². The minimum Gasteiger partial charge on any atom is -0.479 e. The number of ether oxygens (including phenoxy) is 1. The summed E-state index contributed by atoms with van der Waals surface area (Å²) in [4.78, 5) is 17.4. The van der Waals surface area contributed by atoms with Gasteiger partial charge in [0.05, 0.1) is 5.69 Å². The van der Waals surface area contributed by atoms with Crippen molar-refractivity contribution < 1.29 is 9.53 Å². The lowest BCUT2D eigenvalue weighted by Crippen LogP contribution is -2.49. The molecule has 5 rings (SSSR count). The summed E-state index contributed by atoms with van der Waals surface area (Å²) in [6.07, 6.45) is 8.79. The van der Waals surface area contributed by atoms with Gasteiger partial charge in [-0.15, -0.1) is 0 Å². The first-order valence-corrected chi connectivity index (χ1v) is 10.6. The summed E-state index contributed by atoms with van der Waals surface area (Å²) in [6.45, 7) is 3.08. The van der Waals surface area contributed by atoms with E-state index < -0.39 is 6.10 Å². The van der Waals surface area contributed by atoms with Gasteiger partial charge in [0.2, 0.25) is 0 Å². The Labute approximate surface area is 175 Å². The van der Waals surface area contributed by atoms with E-state index in [2.05, 4.69) is 34.7 Å². The highest BCUT2D eigenvalue weighted by Crippen LogP contribution is 2.43. The first kappa shape index (κ1) is 18.6. The van der Waals surface area contributed by atoms with Crippen LogP contribution in [0.15, 0.2) is 30.5 Å². The molecule has 2 N–H and O–H groups in total. The van der Waals surface area contributed by atoms with Crippen LogP contribution in [0.25, 0.3) is 17.2 Å². The zero-order valence-electron chi connectivity index (χ0n) is 16.4. The molecule has 150 valence electrons. The van der Waals surface area contributed by atoms with Crippen LogP contribution in [0.5, 0.6) is 5.75 Å². The minimum atomic E-state index is -0.516. The van der Waals surface area contributed by atoms with E-state index in [1.807, 2.05) is 24.4 Å². The maximum absolute atomic E-state index is 12.9. The van der Waals surface area contributed by atoms with Gasteiger partial charge in [0.15, 0.2) is 6.10 Å². The molecule has 2 aliphatic heterocycles. The first-order chi connectivity index (χ1) is 14.1. The molecule has 3 heterocycles. The number of fused-ring (bicyclic) bond motifs is 2. The molecule has 1 fully saturated rings. The molecule has 0 saturated carbocycles. The summed E-state index contributed by atoms with van der Waals surface area (Å²) in [5.41, 5.74) is 5.14. The maximum Gasteiger partial charge on any atom is 0.261 e. The Morgan fingerprint density at radius 3 is 3.10 bits per heavy atom. The van der Waals surface area contributed by atoms with E-state index in [0.29, 0.717) is 17.5 Å². The van der Waals surface area contributed by atoms with Crippen LogP contribution in [0, 0.1) is 0 Å². The van der Waals surface area contributed by atoms with Gasteiger partial charge in [0.1, 0.15) is 5.75 Å². The number of carbonyl (C=O) groups is 1. The molecule has 6 heteroatoms. The number of nitrogens with one attached hydrogen (secondary N) is 2. The van der Waals surface area contributed by atoms with Crippen molar-refractivity contribution in [3.05, 3.63) is 52.3 Å². The molecule has 2 aromatic rings. The van der Waals surface area contributed by atoms with Crippen LogP contribution in [0.2, 0.25) is 5.02 Å². The zero-order chi connectivity index (χ0) is 20.0. The number of aromatic nitrogens is 1. The third-order valence-electron chi connectivity index (χ3n) is 6.02. The lowest BCUT2D eigenvalue weighted by atomic mass is 9.97. The third kappa shape index (κ3) is 3.53. The van der Waals surface area contributed by atoms with Crippen LogP contribution in [-0.4, -0.2) is 35.6 Å². The number of piperidine rings is 1. The van der Waals surface area contributed by atoms with Gasteiger partial charge < -0.3 is 15.4 Å². The van der Waals surface area contributed by atoms with Crippen LogP contribution in [-0.2, 0) is 17.6 Å². The van der Waals surface area contributed by atoms with Gasteiger partial charge in [-0.3, -0.25) is 9.78 Å². The molecule has 3 atom stereocenters. The summed E-state index contributed by atoms with van der Waals surface area (Å²) in [5.74, 6) is 0.726. The Balaban J connectivity index is 1.41. The van der Waals surface area contributed by atoms with Crippen molar-refractivity contribution in [3.63, 3.8) is 0 Å². The average molecular weight is 410 g/mol. The SMILES string of the molecule is C[C@H]1C[C@H](NC(=O)C2Cc3cc(Cl)cc(-c4ccnc5c4C=CC5)c3O2)CCN1. The molecule has 1 aromatic heterocycles. The summed E-state index contributed by atoms with van der Waals surface area (Å²) in [7, 11) is 0. The Hall–Kier alpha value is -2.37. The molecule has 1 aromatic carbocycles. The molecule has 1 unspecified atom stereocenters. The standard InChI is InChI=1S/C23H24ClN3O2/c1-13-9-16(5-7-25-13)27-23(28)21-11-14-10-15(24)12-19(22(14)29-21)17-6-8-26-20-4-2-3-18(17)20/h2-3,6,8,10,12-13,16,21,25H,4-5,7,9,11H2,1H3,(H,27,28)/t13-,16+,21?/m0/s1. The van der Waals surface area contributed by atoms with E-state index in [0.717, 1.165) is 59.5 Å². The van der Waals surface area contributed by atoms with Crippen molar-refractivity contribution in [1.29, 1.82) is 0 Å². The van der Waals surface area contributed by atoms with E-state index >= 15 is 0 Å². The first-order valence-electron chi connectivity index (χ1n) is 10.3. The maximum atomic E-state index is 12.9. The molecule has 1 saturated heterocycles. The second kappa shape index (κ2) is 7.47. The average Bonchev–Trinajstić information content (AvgIpc) is 3.34. The number of hydrogen-bond acceptors (Lipinski definition) is 4. The number of carbonyl (C=O) groups excluding carboxylic acids is 1. The smallest absolute Gasteiger partial charge is 0.261 e. The Bertz CT molecular complexity index is 1000. The van der Waals surface area contributed by atoms with Gasteiger partial charge in [-0.2, -0.15) is 0 Å². The number of nitrogens with zero attached hydrogens (tertiary/aromatic N) is 1. The molecular weight excluding hydrogens is 386 g/mol. The van der Waals surface area contributed by atoms with Crippen molar-refractivity contribution in [1.82, 2.24) is 15.6 Å². The summed E-state index contributed by atoms with van der Waals surface area (Å²) < 4.78 is 6.21. The molecule has 0 spiro atoms. The summed E-state index contributed by atoms with van der Waals surface area (Å²) in [5, 5.41) is 7.25. The highest BCUT2D eigenvalue weighted by Gasteiger charge is 2.34. The van der Waals surface area contributed by atoms with Crippen molar-refractivity contribution in [3.8, 4) is 16.9 Å². The number of benzene rings is 1. The minimum absolute atomic E-state index is 0.0396. The lowest BCUT2D eigenvalue weighted by molar-refractivity contribution is -0.128. The van der Waals surface area contributed by atoms with Crippen LogP contribution in [0.4, 0.5) is 0 Å². The number of amides is 1. The third-order valence-corrected chi connectivity index (χ3v) is 6.24. The Morgan fingerprint density at radius 1 is 1.34 bits per heavy atom. The molecule has 0 radical (unpaired) electrons. The second-order valence-corrected chi connectivity index (χ2v) is 8.60. The predicted octanol–water partition coefficient (Wildman–Crippen LogP) is 3.53. The second-order valence-electron chi connectivity index (χ2n) is 8.16. The van der Waals surface area contributed by atoms with E-state index in [-0.39, 0.29) is 11.9 Å². The molecule has 3 aliphatic rings. The van der Waals surface area contributed by atoms with Gasteiger partial charge in [0, 0.05) is 52.8 Å². The fourth-order valence-corrected chi connectivity index (χ4v) is 4.86. The zero-order valence-corrected chi connectivity index (χ0v) is 17.1. The van der Waals surface area contributed by atoms with Crippen molar-refractivity contribution in [2.24, 2.45) is 0 Å². The van der Waals surface area contributed by atoms with E-state index in [4.69, 9.17) is 16.3 Å². The Morgan fingerprint density at radius 2 is 2.24 bits per heavy atom. The fourth-order valence-electron chi connectivity index (χ4n) is 4.62. The summed E-state index contributed by atoms with van der Waals surface area (Å²) in [6, 6.07) is 6.45. The molecule has 5 nitrogen and oxygen atoms in total. The van der Waals surface area contributed by atoms with Gasteiger partial charge in [-0.1, -0.05) is 23.8 Å². The highest BCUT2D eigenvalue weighted by molar-refractivity contribution is 6.31. The molecule has 1 aliphatic carbocycles. The van der Waals surface area contributed by atoms with Crippen LogP contribution in [0.3, 0.4) is 0 Å². The number of halogens is 1. The van der Waals surface area contributed by atoms with E-state index in [1.54, 1.807) is 0 Å². The topological polar surface area (TPSA) is 63.2 Å². The molecule has 29 heavy (non-hydrogen) atoms. The largest absolute Gasteiger partial charge is 0.479 e. The van der Waals surface area contributed by atoms with Crippen LogP contribution in [0.1, 0.15) is 36.6 Å². The lowest BCUT2D eigenvalue weighted by Gasteiger charge is -2.29. The molecule has 1 amide bonds. The predicted molar refractivity (Wildman–Crippen MR) is 114 cm³/mol.